The van der Waals surface area contributed by atoms with Crippen molar-refractivity contribution < 1.29 is 4.74 Å². The van der Waals surface area contributed by atoms with Crippen molar-refractivity contribution in [3.05, 3.63) is 55.3 Å². The third kappa shape index (κ3) is 3.54. The van der Waals surface area contributed by atoms with Gasteiger partial charge in [0.25, 0.3) is 0 Å². The van der Waals surface area contributed by atoms with Crippen molar-refractivity contribution in [3.8, 4) is 0 Å². The van der Waals surface area contributed by atoms with Crippen LogP contribution >= 0.6 is 33.9 Å². The fourth-order valence-corrected chi connectivity index (χ4v) is 3.20. The third-order valence-corrected chi connectivity index (χ3v) is 4.69. The number of hydrogen-bond acceptors (Lipinski definition) is 3. The molecule has 0 radical (unpaired) electrons. The molecule has 0 bridgehead atoms. The summed E-state index contributed by atoms with van der Waals surface area (Å²) >= 11 is 4.05. The molecule has 2 rings (SSSR count). The quantitative estimate of drug-likeness (QED) is 0.813. The van der Waals surface area contributed by atoms with Crippen LogP contribution < -0.4 is 5.73 Å². The van der Waals surface area contributed by atoms with Crippen LogP contribution in [-0.4, -0.2) is 13.7 Å². The van der Waals surface area contributed by atoms with Gasteiger partial charge in [-0.15, -0.1) is 11.3 Å². The number of methoxy groups -OCH3 is 1. The first-order chi connectivity index (χ1) is 8.70. The summed E-state index contributed by atoms with van der Waals surface area (Å²) < 4.78 is 6.34. The molecule has 0 spiro atoms. The number of hydrogen-bond donors (Lipinski definition) is 1. The SMILES string of the molecule is COCCc1ccc(C(N)c2csc(I)c2)cc1. The van der Waals surface area contributed by atoms with E-state index in [1.54, 1.807) is 18.4 Å². The van der Waals surface area contributed by atoms with Crippen molar-refractivity contribution >= 4 is 33.9 Å². The van der Waals surface area contributed by atoms with E-state index >= 15 is 0 Å². The lowest BCUT2D eigenvalue weighted by Gasteiger charge is -2.11. The molecular weight excluding hydrogens is 357 g/mol. The van der Waals surface area contributed by atoms with Gasteiger partial charge in [0.1, 0.15) is 0 Å². The molecule has 2 nitrogen and oxygen atoms in total. The first-order valence-electron chi connectivity index (χ1n) is 5.78. The Kier molecular flexibility index (Phi) is 5.17. The fraction of sp³-hybridized carbons (Fsp3) is 0.286. The minimum atomic E-state index is -0.0266. The van der Waals surface area contributed by atoms with Gasteiger partial charge in [0.15, 0.2) is 0 Å². The zero-order valence-corrected chi connectivity index (χ0v) is 13.2. The van der Waals surface area contributed by atoms with E-state index in [0.29, 0.717) is 0 Å². The number of thiophene rings is 1. The molecule has 96 valence electrons. The summed E-state index contributed by atoms with van der Waals surface area (Å²) in [7, 11) is 1.72. The van der Waals surface area contributed by atoms with E-state index in [1.165, 1.54) is 14.0 Å². The maximum absolute atomic E-state index is 6.26. The molecule has 1 atom stereocenters. The molecule has 0 aliphatic heterocycles. The predicted molar refractivity (Wildman–Crippen MR) is 85.1 cm³/mol. The second kappa shape index (κ2) is 6.65. The maximum Gasteiger partial charge on any atom is 0.0656 e. The van der Waals surface area contributed by atoms with E-state index in [9.17, 15) is 0 Å². The number of ether oxygens (including phenoxy) is 1. The summed E-state index contributed by atoms with van der Waals surface area (Å²) in [6, 6.07) is 10.6. The highest BCUT2D eigenvalue weighted by Crippen LogP contribution is 2.25. The van der Waals surface area contributed by atoms with E-state index in [1.807, 2.05) is 0 Å². The van der Waals surface area contributed by atoms with Crippen LogP contribution in [0.2, 0.25) is 0 Å². The van der Waals surface area contributed by atoms with E-state index in [0.717, 1.165) is 18.6 Å². The highest BCUT2D eigenvalue weighted by atomic mass is 127. The molecule has 1 heterocycles. The molecule has 18 heavy (non-hydrogen) atoms. The second-order valence-electron chi connectivity index (χ2n) is 4.15. The molecule has 4 heteroatoms. The lowest BCUT2D eigenvalue weighted by Crippen LogP contribution is -2.10. The average Bonchev–Trinajstić information content (AvgIpc) is 2.83. The summed E-state index contributed by atoms with van der Waals surface area (Å²) in [5.74, 6) is 0. The Hall–Kier alpha value is -0.430. The van der Waals surface area contributed by atoms with Gasteiger partial charge in [-0.2, -0.15) is 0 Å². The largest absolute Gasteiger partial charge is 0.384 e. The van der Waals surface area contributed by atoms with Gasteiger partial charge in [-0.3, -0.25) is 0 Å². The van der Waals surface area contributed by atoms with Gasteiger partial charge in [0, 0.05) is 7.11 Å². The van der Waals surface area contributed by atoms with Crippen LogP contribution in [0.4, 0.5) is 0 Å². The highest BCUT2D eigenvalue weighted by molar-refractivity contribution is 14.1. The van der Waals surface area contributed by atoms with Gasteiger partial charge < -0.3 is 10.5 Å². The molecule has 0 saturated heterocycles. The summed E-state index contributed by atoms with van der Waals surface area (Å²) in [5.41, 5.74) is 9.89. The summed E-state index contributed by atoms with van der Waals surface area (Å²) in [4.78, 5) is 0. The first-order valence-corrected chi connectivity index (χ1v) is 7.74. The van der Waals surface area contributed by atoms with Gasteiger partial charge >= 0.3 is 0 Å². The van der Waals surface area contributed by atoms with Crippen LogP contribution in [0.15, 0.2) is 35.7 Å². The van der Waals surface area contributed by atoms with Crippen molar-refractivity contribution in [2.45, 2.75) is 12.5 Å². The van der Waals surface area contributed by atoms with Crippen LogP contribution in [0.1, 0.15) is 22.7 Å². The van der Waals surface area contributed by atoms with E-state index in [-0.39, 0.29) is 6.04 Å². The van der Waals surface area contributed by atoms with Crippen LogP contribution in [0, 0.1) is 2.88 Å². The Morgan fingerprint density at radius 1 is 1.28 bits per heavy atom. The van der Waals surface area contributed by atoms with Gasteiger partial charge in [0.05, 0.1) is 15.5 Å². The molecule has 1 unspecified atom stereocenters. The first kappa shape index (κ1) is 14.0. The minimum absolute atomic E-state index is 0.0266. The lowest BCUT2D eigenvalue weighted by molar-refractivity contribution is 0.202. The van der Waals surface area contributed by atoms with Crippen molar-refractivity contribution in [2.24, 2.45) is 5.73 Å². The predicted octanol–water partition coefficient (Wildman–Crippen LogP) is 3.59. The van der Waals surface area contributed by atoms with Crippen LogP contribution in [0.5, 0.6) is 0 Å². The van der Waals surface area contributed by atoms with Crippen molar-refractivity contribution in [1.82, 2.24) is 0 Å². The summed E-state index contributed by atoms with van der Waals surface area (Å²) in [6.45, 7) is 0.758. The molecule has 0 amide bonds. The number of rotatable bonds is 5. The van der Waals surface area contributed by atoms with E-state index in [4.69, 9.17) is 10.5 Å². The Balaban J connectivity index is 2.09. The van der Waals surface area contributed by atoms with E-state index < -0.39 is 0 Å². The minimum Gasteiger partial charge on any atom is -0.384 e. The second-order valence-corrected chi connectivity index (χ2v) is 6.95. The molecule has 0 aliphatic rings. The third-order valence-electron chi connectivity index (χ3n) is 2.88. The Bertz CT molecular complexity index is 495. The maximum atomic E-state index is 6.26. The van der Waals surface area contributed by atoms with Crippen LogP contribution in [0.3, 0.4) is 0 Å². The molecule has 2 aromatic rings. The average molecular weight is 373 g/mol. The standard InChI is InChI=1S/C14H16INOS/c1-17-7-6-10-2-4-11(5-3-10)14(16)12-8-13(15)18-9-12/h2-5,8-9,14H,6-7,16H2,1H3. The monoisotopic (exact) mass is 373 g/mol. The van der Waals surface area contributed by atoms with Crippen molar-refractivity contribution in [1.29, 1.82) is 0 Å². The zero-order valence-electron chi connectivity index (χ0n) is 10.2. The Morgan fingerprint density at radius 2 is 2.00 bits per heavy atom. The number of benzene rings is 1. The summed E-state index contributed by atoms with van der Waals surface area (Å²) in [6.07, 6.45) is 0.947. The molecule has 0 fully saturated rings. The van der Waals surface area contributed by atoms with Gasteiger partial charge in [-0.1, -0.05) is 24.3 Å². The zero-order chi connectivity index (χ0) is 13.0. The lowest BCUT2D eigenvalue weighted by atomic mass is 10.0. The smallest absolute Gasteiger partial charge is 0.0656 e. The number of halogens is 1. The van der Waals surface area contributed by atoms with Crippen LogP contribution in [0.25, 0.3) is 0 Å². The van der Waals surface area contributed by atoms with Crippen molar-refractivity contribution in [3.63, 3.8) is 0 Å². The normalized spacial score (nSPS) is 12.6. The fourth-order valence-electron chi connectivity index (χ4n) is 1.79. The van der Waals surface area contributed by atoms with Gasteiger partial charge in [-0.05, 0) is 57.1 Å². The summed E-state index contributed by atoms with van der Waals surface area (Å²) in [5, 5.41) is 2.13. The molecule has 1 aromatic carbocycles. The molecule has 0 saturated carbocycles. The van der Waals surface area contributed by atoms with Crippen LogP contribution in [-0.2, 0) is 11.2 Å². The Morgan fingerprint density at radius 3 is 2.56 bits per heavy atom. The topological polar surface area (TPSA) is 35.2 Å². The van der Waals surface area contributed by atoms with Gasteiger partial charge in [-0.25, -0.2) is 0 Å². The Labute approximate surface area is 125 Å². The van der Waals surface area contributed by atoms with Gasteiger partial charge in [0.2, 0.25) is 0 Å². The van der Waals surface area contributed by atoms with E-state index in [2.05, 4.69) is 58.3 Å². The molecule has 2 N–H and O–H groups in total. The highest BCUT2D eigenvalue weighted by Gasteiger charge is 2.10. The van der Waals surface area contributed by atoms with Crippen molar-refractivity contribution in [2.75, 3.05) is 13.7 Å². The molecule has 1 aromatic heterocycles. The number of nitrogens with two attached hydrogens (primary N) is 1. The molecular formula is C14H16INOS. The molecule has 0 aliphatic carbocycles.